The summed E-state index contributed by atoms with van der Waals surface area (Å²) in [6.45, 7) is 5.82. The van der Waals surface area contributed by atoms with E-state index < -0.39 is 5.91 Å². The Kier molecular flexibility index (Phi) is 9.10. The molecule has 0 radical (unpaired) electrons. The van der Waals surface area contributed by atoms with E-state index in [1.807, 2.05) is 12.1 Å². The molecular formula is C18H29IN4O. The van der Waals surface area contributed by atoms with E-state index in [0.717, 1.165) is 24.0 Å². The first kappa shape index (κ1) is 20.7. The summed E-state index contributed by atoms with van der Waals surface area (Å²) in [5.74, 6) is 1.31. The van der Waals surface area contributed by atoms with Gasteiger partial charge in [0.05, 0.1) is 6.54 Å². The Hall–Kier alpha value is -1.31. The number of hydrogen-bond acceptors (Lipinski definition) is 2. The molecule has 0 atom stereocenters. The van der Waals surface area contributed by atoms with Crippen molar-refractivity contribution < 1.29 is 4.79 Å². The minimum absolute atomic E-state index is 0. The summed E-state index contributed by atoms with van der Waals surface area (Å²) in [4.78, 5) is 15.7. The average Bonchev–Trinajstić information content (AvgIpc) is 2.55. The van der Waals surface area contributed by atoms with Crippen molar-refractivity contribution in [1.82, 2.24) is 10.6 Å². The highest BCUT2D eigenvalue weighted by atomic mass is 127. The highest BCUT2D eigenvalue weighted by Crippen LogP contribution is 2.23. The number of amides is 1. The Morgan fingerprint density at radius 2 is 1.83 bits per heavy atom. The number of guanidine groups is 1. The van der Waals surface area contributed by atoms with Crippen molar-refractivity contribution in [3.63, 3.8) is 0 Å². The lowest BCUT2D eigenvalue weighted by Gasteiger charge is -2.28. The molecule has 0 unspecified atom stereocenters. The van der Waals surface area contributed by atoms with Crippen LogP contribution in [0.25, 0.3) is 0 Å². The zero-order valence-electron chi connectivity index (χ0n) is 14.5. The summed E-state index contributed by atoms with van der Waals surface area (Å²) in [5, 5.41) is 6.85. The maximum Gasteiger partial charge on any atom is 0.248 e. The molecule has 6 heteroatoms. The second kappa shape index (κ2) is 10.5. The van der Waals surface area contributed by atoms with E-state index in [1.54, 1.807) is 12.1 Å². The molecule has 0 heterocycles. The van der Waals surface area contributed by atoms with Crippen molar-refractivity contribution in [2.75, 3.05) is 6.54 Å². The second-order valence-corrected chi connectivity index (χ2v) is 6.36. The van der Waals surface area contributed by atoms with Gasteiger partial charge in [0.2, 0.25) is 5.91 Å². The predicted molar refractivity (Wildman–Crippen MR) is 110 cm³/mol. The molecule has 5 nitrogen and oxygen atoms in total. The maximum atomic E-state index is 11.1. The van der Waals surface area contributed by atoms with Crippen molar-refractivity contribution in [3.05, 3.63) is 35.4 Å². The SMILES string of the molecule is CCNC(=NCc1ccc(C(N)=O)cc1)NC1CCC(C)CC1.I. The van der Waals surface area contributed by atoms with E-state index >= 15 is 0 Å². The van der Waals surface area contributed by atoms with E-state index in [4.69, 9.17) is 5.73 Å². The number of carbonyl (C=O) groups is 1. The van der Waals surface area contributed by atoms with E-state index in [9.17, 15) is 4.79 Å². The van der Waals surface area contributed by atoms with Crippen LogP contribution in [-0.4, -0.2) is 24.5 Å². The van der Waals surface area contributed by atoms with Crippen LogP contribution in [0.5, 0.6) is 0 Å². The number of rotatable bonds is 5. The fourth-order valence-electron chi connectivity index (χ4n) is 2.86. The van der Waals surface area contributed by atoms with Gasteiger partial charge in [-0.05, 0) is 56.2 Å². The molecule has 134 valence electrons. The summed E-state index contributed by atoms with van der Waals surface area (Å²) in [6.07, 6.45) is 4.98. The van der Waals surface area contributed by atoms with E-state index in [0.29, 0.717) is 18.2 Å². The fraction of sp³-hybridized carbons (Fsp3) is 0.556. The average molecular weight is 444 g/mol. The van der Waals surface area contributed by atoms with Crippen LogP contribution < -0.4 is 16.4 Å². The van der Waals surface area contributed by atoms with E-state index in [-0.39, 0.29) is 24.0 Å². The van der Waals surface area contributed by atoms with Crippen molar-refractivity contribution in [3.8, 4) is 0 Å². The van der Waals surface area contributed by atoms with Crippen LogP contribution in [0.1, 0.15) is 55.5 Å². The first-order chi connectivity index (χ1) is 11.1. The molecule has 2 rings (SSSR count). The Morgan fingerprint density at radius 3 is 2.38 bits per heavy atom. The van der Waals surface area contributed by atoms with Crippen molar-refractivity contribution in [2.24, 2.45) is 16.6 Å². The number of aliphatic imine (C=N–C) groups is 1. The summed E-state index contributed by atoms with van der Waals surface area (Å²) >= 11 is 0. The first-order valence-electron chi connectivity index (χ1n) is 8.52. The number of benzene rings is 1. The summed E-state index contributed by atoms with van der Waals surface area (Å²) in [6, 6.07) is 7.80. The van der Waals surface area contributed by atoms with Gasteiger partial charge < -0.3 is 16.4 Å². The predicted octanol–water partition coefficient (Wildman–Crippen LogP) is 3.04. The van der Waals surface area contributed by atoms with Crippen LogP contribution in [0, 0.1) is 5.92 Å². The zero-order valence-corrected chi connectivity index (χ0v) is 16.9. The lowest BCUT2D eigenvalue weighted by molar-refractivity contribution is 0.100. The van der Waals surface area contributed by atoms with Crippen LogP contribution in [0.3, 0.4) is 0 Å². The number of primary amides is 1. The molecule has 4 N–H and O–H groups in total. The molecule has 0 bridgehead atoms. The van der Waals surface area contributed by atoms with E-state index in [2.05, 4.69) is 29.5 Å². The smallest absolute Gasteiger partial charge is 0.248 e. The Bertz CT molecular complexity index is 536. The van der Waals surface area contributed by atoms with Crippen LogP contribution in [0.2, 0.25) is 0 Å². The van der Waals surface area contributed by atoms with Crippen LogP contribution in [-0.2, 0) is 6.54 Å². The Morgan fingerprint density at radius 1 is 1.21 bits per heavy atom. The van der Waals surface area contributed by atoms with Crippen LogP contribution in [0.15, 0.2) is 29.3 Å². The molecule has 1 aromatic rings. The lowest BCUT2D eigenvalue weighted by Crippen LogP contribution is -2.44. The van der Waals surface area contributed by atoms with Crippen LogP contribution in [0.4, 0.5) is 0 Å². The molecule has 0 aromatic heterocycles. The highest BCUT2D eigenvalue weighted by Gasteiger charge is 2.18. The van der Waals surface area contributed by atoms with Gasteiger partial charge in [-0.25, -0.2) is 4.99 Å². The molecule has 0 saturated heterocycles. The standard InChI is InChI=1S/C18H28N4O.HI/c1-3-20-18(22-16-10-4-13(2)5-11-16)21-12-14-6-8-15(9-7-14)17(19)23;/h6-9,13,16H,3-5,10-12H2,1-2H3,(H2,19,23)(H2,20,21,22);1H. The zero-order chi connectivity index (χ0) is 16.7. The molecule has 0 aliphatic heterocycles. The summed E-state index contributed by atoms with van der Waals surface area (Å²) in [5.41, 5.74) is 6.84. The number of hydrogen-bond donors (Lipinski definition) is 3. The molecule has 0 spiro atoms. The van der Waals surface area contributed by atoms with Gasteiger partial charge in [-0.3, -0.25) is 4.79 Å². The van der Waals surface area contributed by atoms with Gasteiger partial charge in [0.25, 0.3) is 0 Å². The molecule has 1 fully saturated rings. The quantitative estimate of drug-likeness (QED) is 0.371. The third kappa shape index (κ3) is 6.67. The molecule has 1 saturated carbocycles. The number of nitrogens with two attached hydrogens (primary N) is 1. The van der Waals surface area contributed by atoms with Crippen molar-refractivity contribution in [2.45, 2.75) is 52.1 Å². The van der Waals surface area contributed by atoms with E-state index in [1.165, 1.54) is 25.7 Å². The molecule has 1 aromatic carbocycles. The van der Waals surface area contributed by atoms with Crippen molar-refractivity contribution in [1.29, 1.82) is 0 Å². The minimum Gasteiger partial charge on any atom is -0.366 e. The monoisotopic (exact) mass is 444 g/mol. The highest BCUT2D eigenvalue weighted by molar-refractivity contribution is 14.0. The van der Waals surface area contributed by atoms with Gasteiger partial charge in [-0.1, -0.05) is 19.1 Å². The fourth-order valence-corrected chi connectivity index (χ4v) is 2.86. The third-order valence-electron chi connectivity index (χ3n) is 4.36. The molecular weight excluding hydrogens is 415 g/mol. The minimum atomic E-state index is -0.401. The van der Waals surface area contributed by atoms with Crippen LogP contribution >= 0.6 is 24.0 Å². The van der Waals surface area contributed by atoms with Crippen molar-refractivity contribution >= 4 is 35.8 Å². The number of carbonyl (C=O) groups excluding carboxylic acids is 1. The first-order valence-corrected chi connectivity index (χ1v) is 8.52. The van der Waals surface area contributed by atoms with Gasteiger partial charge in [0.15, 0.2) is 5.96 Å². The summed E-state index contributed by atoms with van der Waals surface area (Å²) in [7, 11) is 0. The second-order valence-electron chi connectivity index (χ2n) is 6.36. The van der Waals surface area contributed by atoms with Gasteiger partial charge in [-0.15, -0.1) is 24.0 Å². The largest absolute Gasteiger partial charge is 0.366 e. The lowest BCUT2D eigenvalue weighted by atomic mass is 9.87. The Labute approximate surface area is 161 Å². The molecule has 1 aliphatic rings. The third-order valence-corrected chi connectivity index (χ3v) is 4.36. The molecule has 24 heavy (non-hydrogen) atoms. The number of nitrogens with zero attached hydrogens (tertiary/aromatic N) is 1. The van der Waals surface area contributed by atoms with Gasteiger partial charge in [-0.2, -0.15) is 0 Å². The van der Waals surface area contributed by atoms with Gasteiger partial charge in [0.1, 0.15) is 0 Å². The summed E-state index contributed by atoms with van der Waals surface area (Å²) < 4.78 is 0. The van der Waals surface area contributed by atoms with Gasteiger partial charge in [0, 0.05) is 18.2 Å². The van der Waals surface area contributed by atoms with Gasteiger partial charge >= 0.3 is 0 Å². The number of nitrogens with one attached hydrogen (secondary N) is 2. The maximum absolute atomic E-state index is 11.1. The Balaban J connectivity index is 0.00000288. The number of halogens is 1. The molecule has 1 amide bonds. The normalized spacial score (nSPS) is 20.8. The topological polar surface area (TPSA) is 79.5 Å². The molecule has 1 aliphatic carbocycles.